The number of aromatic nitrogens is 3. The standard InChI is InChI=1S/C19H25N5S/c1-11-21-17-15(3-2-4-16(17)25-11)23-19-13-7-9-20-10-8-14(13)22-18(24-19)12-5-6-12/h12,15,20H,2-10H2,1H3,(H,22,23,24)/t15-/m1/s1. The Hall–Kier alpha value is -1.53. The van der Waals surface area contributed by atoms with Gasteiger partial charge in [0.05, 0.1) is 22.4 Å². The molecule has 3 aliphatic rings. The van der Waals surface area contributed by atoms with E-state index in [0.717, 1.165) is 44.0 Å². The minimum Gasteiger partial charge on any atom is -0.361 e. The zero-order chi connectivity index (χ0) is 16.8. The van der Waals surface area contributed by atoms with Crippen molar-refractivity contribution in [2.24, 2.45) is 0 Å². The summed E-state index contributed by atoms with van der Waals surface area (Å²) in [6.45, 7) is 4.15. The lowest BCUT2D eigenvalue weighted by Gasteiger charge is -2.25. The van der Waals surface area contributed by atoms with Crippen molar-refractivity contribution in [2.45, 2.75) is 63.8 Å². The van der Waals surface area contributed by atoms with Crippen LogP contribution in [0.1, 0.15) is 70.3 Å². The highest BCUT2D eigenvalue weighted by molar-refractivity contribution is 7.11. The van der Waals surface area contributed by atoms with E-state index in [9.17, 15) is 0 Å². The molecule has 2 N–H and O–H groups in total. The highest BCUT2D eigenvalue weighted by atomic mass is 32.1. The van der Waals surface area contributed by atoms with Gasteiger partial charge in [-0.1, -0.05) is 0 Å². The van der Waals surface area contributed by atoms with E-state index in [-0.39, 0.29) is 0 Å². The Morgan fingerprint density at radius 2 is 1.92 bits per heavy atom. The van der Waals surface area contributed by atoms with Crippen molar-refractivity contribution in [1.29, 1.82) is 0 Å². The molecule has 0 aromatic carbocycles. The second kappa shape index (κ2) is 6.32. The van der Waals surface area contributed by atoms with Crippen LogP contribution in [0.2, 0.25) is 0 Å². The third-order valence-corrected chi connectivity index (χ3v) is 6.56. The Kier molecular flexibility index (Phi) is 3.97. The molecular formula is C19H25N5S. The quantitative estimate of drug-likeness (QED) is 0.884. The first-order valence-electron chi connectivity index (χ1n) is 9.61. The fraction of sp³-hybridized carbons (Fsp3) is 0.632. The van der Waals surface area contributed by atoms with Gasteiger partial charge in [0.1, 0.15) is 11.6 Å². The Balaban J connectivity index is 1.52. The first-order valence-corrected chi connectivity index (χ1v) is 10.4. The van der Waals surface area contributed by atoms with Crippen molar-refractivity contribution >= 4 is 17.2 Å². The molecule has 6 heteroatoms. The van der Waals surface area contributed by atoms with Crippen LogP contribution in [0.15, 0.2) is 0 Å². The van der Waals surface area contributed by atoms with Crippen LogP contribution in [0.3, 0.4) is 0 Å². The molecule has 132 valence electrons. The van der Waals surface area contributed by atoms with Crippen molar-refractivity contribution < 1.29 is 0 Å². The maximum Gasteiger partial charge on any atom is 0.134 e. The maximum absolute atomic E-state index is 4.99. The van der Waals surface area contributed by atoms with Gasteiger partial charge in [-0.15, -0.1) is 11.3 Å². The van der Waals surface area contributed by atoms with E-state index in [0.29, 0.717) is 12.0 Å². The molecule has 0 amide bonds. The second-order valence-corrected chi connectivity index (χ2v) is 8.80. The number of nitrogens with one attached hydrogen (secondary N) is 2. The molecule has 2 aliphatic carbocycles. The molecular weight excluding hydrogens is 330 g/mol. The van der Waals surface area contributed by atoms with Gasteiger partial charge in [-0.2, -0.15) is 0 Å². The molecule has 1 aliphatic heterocycles. The summed E-state index contributed by atoms with van der Waals surface area (Å²) < 4.78 is 0. The zero-order valence-electron chi connectivity index (χ0n) is 14.8. The number of anilines is 1. The predicted molar refractivity (Wildman–Crippen MR) is 100 cm³/mol. The summed E-state index contributed by atoms with van der Waals surface area (Å²) in [7, 11) is 0. The maximum atomic E-state index is 4.99. The van der Waals surface area contributed by atoms with Crippen LogP contribution in [0.25, 0.3) is 0 Å². The molecule has 1 fully saturated rings. The minimum atomic E-state index is 0.302. The summed E-state index contributed by atoms with van der Waals surface area (Å²) in [5, 5.41) is 8.48. The summed E-state index contributed by atoms with van der Waals surface area (Å²) >= 11 is 1.86. The first-order chi connectivity index (χ1) is 12.3. The molecule has 3 heterocycles. The van der Waals surface area contributed by atoms with E-state index < -0.39 is 0 Å². The average Bonchev–Trinajstić information content (AvgIpc) is 3.40. The third-order valence-electron chi connectivity index (χ3n) is 5.52. The summed E-state index contributed by atoms with van der Waals surface area (Å²) in [4.78, 5) is 16.2. The number of rotatable bonds is 3. The fourth-order valence-electron chi connectivity index (χ4n) is 4.05. The van der Waals surface area contributed by atoms with Crippen LogP contribution in [0, 0.1) is 6.92 Å². The SMILES string of the molecule is Cc1nc2c(s1)CCC[C@H]2Nc1nc(C2CC2)nc2c1CCNCC2. The van der Waals surface area contributed by atoms with Gasteiger partial charge in [0, 0.05) is 29.3 Å². The third kappa shape index (κ3) is 3.06. The largest absolute Gasteiger partial charge is 0.361 e. The summed E-state index contributed by atoms with van der Waals surface area (Å²) in [5.41, 5.74) is 3.85. The lowest BCUT2D eigenvalue weighted by molar-refractivity contribution is 0.589. The molecule has 25 heavy (non-hydrogen) atoms. The highest BCUT2D eigenvalue weighted by Crippen LogP contribution is 2.40. The van der Waals surface area contributed by atoms with Crippen molar-refractivity contribution in [2.75, 3.05) is 18.4 Å². The number of fused-ring (bicyclic) bond motifs is 2. The molecule has 1 atom stereocenters. The molecule has 2 aromatic rings. The number of nitrogens with zero attached hydrogens (tertiary/aromatic N) is 3. The molecule has 0 radical (unpaired) electrons. The molecule has 0 bridgehead atoms. The Labute approximate surface area is 152 Å². The van der Waals surface area contributed by atoms with Gasteiger partial charge in [0.25, 0.3) is 0 Å². The van der Waals surface area contributed by atoms with Gasteiger partial charge in [-0.25, -0.2) is 15.0 Å². The summed E-state index contributed by atoms with van der Waals surface area (Å²) in [5.74, 6) is 2.73. The second-order valence-electron chi connectivity index (χ2n) is 7.51. The smallest absolute Gasteiger partial charge is 0.134 e. The lowest BCUT2D eigenvalue weighted by atomic mass is 9.97. The van der Waals surface area contributed by atoms with Crippen LogP contribution in [-0.2, 0) is 19.3 Å². The van der Waals surface area contributed by atoms with Gasteiger partial charge in [0.2, 0.25) is 0 Å². The van der Waals surface area contributed by atoms with Crippen molar-refractivity contribution in [3.05, 3.63) is 32.7 Å². The van der Waals surface area contributed by atoms with E-state index in [4.69, 9.17) is 15.0 Å². The van der Waals surface area contributed by atoms with Crippen LogP contribution in [0.5, 0.6) is 0 Å². The number of aryl methyl sites for hydroxylation is 2. The van der Waals surface area contributed by atoms with E-state index in [2.05, 4.69) is 17.6 Å². The first kappa shape index (κ1) is 15.7. The molecule has 0 unspecified atom stereocenters. The van der Waals surface area contributed by atoms with Crippen LogP contribution in [-0.4, -0.2) is 28.0 Å². The van der Waals surface area contributed by atoms with Gasteiger partial charge in [-0.05, 0) is 52.0 Å². The zero-order valence-corrected chi connectivity index (χ0v) is 15.6. The minimum absolute atomic E-state index is 0.302. The average molecular weight is 356 g/mol. The van der Waals surface area contributed by atoms with Crippen molar-refractivity contribution in [3.63, 3.8) is 0 Å². The van der Waals surface area contributed by atoms with E-state index in [1.807, 2.05) is 11.3 Å². The van der Waals surface area contributed by atoms with Crippen molar-refractivity contribution in [1.82, 2.24) is 20.3 Å². The van der Waals surface area contributed by atoms with Gasteiger partial charge >= 0.3 is 0 Å². The van der Waals surface area contributed by atoms with Crippen LogP contribution >= 0.6 is 11.3 Å². The predicted octanol–water partition coefficient (Wildman–Crippen LogP) is 3.30. The van der Waals surface area contributed by atoms with Crippen LogP contribution < -0.4 is 10.6 Å². The molecule has 0 spiro atoms. The molecule has 0 saturated heterocycles. The Morgan fingerprint density at radius 3 is 2.80 bits per heavy atom. The summed E-state index contributed by atoms with van der Waals surface area (Å²) in [6.07, 6.45) is 8.07. The molecule has 5 nitrogen and oxygen atoms in total. The normalized spacial score (nSPS) is 22.8. The Morgan fingerprint density at radius 1 is 1.04 bits per heavy atom. The van der Waals surface area contributed by atoms with Gasteiger partial charge < -0.3 is 10.6 Å². The number of hydrogen-bond acceptors (Lipinski definition) is 6. The van der Waals surface area contributed by atoms with E-state index in [1.165, 1.54) is 52.5 Å². The van der Waals surface area contributed by atoms with Gasteiger partial charge in [-0.3, -0.25) is 0 Å². The monoisotopic (exact) mass is 355 g/mol. The summed E-state index contributed by atoms with van der Waals surface area (Å²) in [6, 6.07) is 0.302. The highest BCUT2D eigenvalue weighted by Gasteiger charge is 2.30. The van der Waals surface area contributed by atoms with E-state index in [1.54, 1.807) is 0 Å². The van der Waals surface area contributed by atoms with Gasteiger partial charge in [0.15, 0.2) is 0 Å². The fourth-order valence-corrected chi connectivity index (χ4v) is 5.09. The molecule has 2 aromatic heterocycles. The number of thiazole rings is 1. The number of hydrogen-bond donors (Lipinski definition) is 2. The Bertz CT molecular complexity index is 795. The van der Waals surface area contributed by atoms with E-state index >= 15 is 0 Å². The van der Waals surface area contributed by atoms with Crippen molar-refractivity contribution in [3.8, 4) is 0 Å². The topological polar surface area (TPSA) is 62.7 Å². The molecule has 1 saturated carbocycles. The van der Waals surface area contributed by atoms with Crippen LogP contribution in [0.4, 0.5) is 5.82 Å². The molecule has 5 rings (SSSR count). The lowest BCUT2D eigenvalue weighted by Crippen LogP contribution is -2.20.